The van der Waals surface area contributed by atoms with Gasteiger partial charge in [0.1, 0.15) is 11.5 Å². The number of carbonyl (C=O) groups excluding carboxylic acids is 1. The molecule has 0 bridgehead atoms. The largest absolute Gasteiger partial charge is 0.497 e. The fraction of sp³-hybridized carbons (Fsp3) is 0.412. The zero-order valence-electron chi connectivity index (χ0n) is 13.4. The quantitative estimate of drug-likeness (QED) is 0.938. The molecule has 1 aliphatic heterocycles. The zero-order valence-corrected chi connectivity index (χ0v) is 13.4. The van der Waals surface area contributed by atoms with E-state index < -0.39 is 0 Å². The minimum Gasteiger partial charge on any atom is -0.497 e. The van der Waals surface area contributed by atoms with Gasteiger partial charge in [-0.25, -0.2) is 0 Å². The number of methoxy groups -OCH3 is 1. The van der Waals surface area contributed by atoms with Crippen LogP contribution in [0.5, 0.6) is 5.75 Å². The van der Waals surface area contributed by atoms with Crippen LogP contribution in [0.15, 0.2) is 34.9 Å². The molecule has 1 aliphatic rings. The molecule has 122 valence electrons. The average Bonchev–Trinajstić information content (AvgIpc) is 3.02. The van der Waals surface area contributed by atoms with Gasteiger partial charge in [0.05, 0.1) is 7.11 Å². The van der Waals surface area contributed by atoms with Crippen molar-refractivity contribution in [3.8, 4) is 5.75 Å². The summed E-state index contributed by atoms with van der Waals surface area (Å²) in [6.07, 6.45) is 1.99. The number of carbonyl (C=O) groups is 1. The van der Waals surface area contributed by atoms with Crippen LogP contribution in [-0.4, -0.2) is 37.3 Å². The van der Waals surface area contributed by atoms with Gasteiger partial charge in [-0.1, -0.05) is 11.2 Å². The van der Waals surface area contributed by atoms with E-state index >= 15 is 0 Å². The Morgan fingerprint density at radius 3 is 3.04 bits per heavy atom. The number of piperidine rings is 1. The van der Waals surface area contributed by atoms with E-state index in [0.717, 1.165) is 37.4 Å². The normalized spacial score (nSPS) is 17.8. The molecule has 2 heterocycles. The Kier molecular flexibility index (Phi) is 4.50. The van der Waals surface area contributed by atoms with Gasteiger partial charge in [0.25, 0.3) is 5.91 Å². The summed E-state index contributed by atoms with van der Waals surface area (Å²) in [4.78, 5) is 14.5. The fourth-order valence-corrected chi connectivity index (χ4v) is 2.87. The summed E-state index contributed by atoms with van der Waals surface area (Å²) in [5.41, 5.74) is 1.45. The number of aryl methyl sites for hydroxylation is 1. The summed E-state index contributed by atoms with van der Waals surface area (Å²) >= 11 is 0. The summed E-state index contributed by atoms with van der Waals surface area (Å²) in [5, 5.41) is 6.81. The van der Waals surface area contributed by atoms with Crippen LogP contribution in [0.2, 0.25) is 0 Å². The standard InChI is InChI=1S/C17H21N3O3/c1-12-9-16(19-23-12)17(21)18-13-5-4-8-20(11-13)14-6-3-7-15(10-14)22-2/h3,6-7,9-10,13H,4-5,8,11H2,1-2H3,(H,18,21). The monoisotopic (exact) mass is 315 g/mol. The number of benzene rings is 1. The molecule has 1 saturated heterocycles. The highest BCUT2D eigenvalue weighted by Gasteiger charge is 2.23. The van der Waals surface area contributed by atoms with Crippen LogP contribution < -0.4 is 15.0 Å². The average molecular weight is 315 g/mol. The predicted molar refractivity (Wildman–Crippen MR) is 86.9 cm³/mol. The van der Waals surface area contributed by atoms with E-state index in [1.807, 2.05) is 18.2 Å². The van der Waals surface area contributed by atoms with Crippen molar-refractivity contribution >= 4 is 11.6 Å². The van der Waals surface area contributed by atoms with Gasteiger partial charge in [-0.3, -0.25) is 4.79 Å². The lowest BCUT2D eigenvalue weighted by atomic mass is 10.0. The Bertz CT molecular complexity index is 683. The molecule has 1 N–H and O–H groups in total. The third kappa shape index (κ3) is 3.64. The SMILES string of the molecule is COc1cccc(N2CCCC(NC(=O)c3cc(C)on3)C2)c1. The van der Waals surface area contributed by atoms with Gasteiger partial charge < -0.3 is 19.5 Å². The number of nitrogens with zero attached hydrogens (tertiary/aromatic N) is 2. The Hall–Kier alpha value is -2.50. The number of hydrogen-bond donors (Lipinski definition) is 1. The third-order valence-electron chi connectivity index (χ3n) is 4.04. The maximum absolute atomic E-state index is 12.2. The van der Waals surface area contributed by atoms with Gasteiger partial charge in [-0.05, 0) is 31.9 Å². The molecule has 6 heteroatoms. The molecule has 1 amide bonds. The van der Waals surface area contributed by atoms with Crippen molar-refractivity contribution in [1.82, 2.24) is 10.5 Å². The van der Waals surface area contributed by atoms with Crippen LogP contribution in [0.1, 0.15) is 29.1 Å². The van der Waals surface area contributed by atoms with Crippen molar-refractivity contribution < 1.29 is 14.1 Å². The lowest BCUT2D eigenvalue weighted by Crippen LogP contribution is -2.47. The summed E-state index contributed by atoms with van der Waals surface area (Å²) in [6, 6.07) is 9.74. The van der Waals surface area contributed by atoms with Crippen molar-refractivity contribution in [3.63, 3.8) is 0 Å². The van der Waals surface area contributed by atoms with E-state index in [1.54, 1.807) is 20.1 Å². The first-order valence-corrected chi connectivity index (χ1v) is 7.79. The van der Waals surface area contributed by atoms with Crippen LogP contribution in [0.25, 0.3) is 0 Å². The predicted octanol–water partition coefficient (Wildman–Crippen LogP) is 2.39. The summed E-state index contributed by atoms with van der Waals surface area (Å²) in [5.74, 6) is 1.29. The molecule has 0 saturated carbocycles. The molecular weight excluding hydrogens is 294 g/mol. The number of ether oxygens (including phenoxy) is 1. The van der Waals surface area contributed by atoms with Gasteiger partial charge in [-0.15, -0.1) is 0 Å². The van der Waals surface area contributed by atoms with E-state index in [-0.39, 0.29) is 11.9 Å². The van der Waals surface area contributed by atoms with Crippen molar-refractivity contribution in [2.75, 3.05) is 25.1 Å². The molecule has 0 aliphatic carbocycles. The van der Waals surface area contributed by atoms with Crippen molar-refractivity contribution in [3.05, 3.63) is 41.8 Å². The van der Waals surface area contributed by atoms with Crippen molar-refractivity contribution in [2.24, 2.45) is 0 Å². The topological polar surface area (TPSA) is 67.6 Å². The smallest absolute Gasteiger partial charge is 0.273 e. The first-order valence-electron chi connectivity index (χ1n) is 7.79. The van der Waals surface area contributed by atoms with Gasteiger partial charge in [0.15, 0.2) is 5.69 Å². The molecule has 1 fully saturated rings. The maximum Gasteiger partial charge on any atom is 0.273 e. The lowest BCUT2D eigenvalue weighted by molar-refractivity contribution is 0.0924. The van der Waals surface area contributed by atoms with Gasteiger partial charge in [-0.2, -0.15) is 0 Å². The molecule has 0 spiro atoms. The number of aromatic nitrogens is 1. The second kappa shape index (κ2) is 6.73. The van der Waals surface area contributed by atoms with Crippen LogP contribution in [0, 0.1) is 6.92 Å². The molecule has 3 rings (SSSR count). The number of nitrogens with one attached hydrogen (secondary N) is 1. The van der Waals surface area contributed by atoms with Gasteiger partial charge in [0, 0.05) is 37.0 Å². The maximum atomic E-state index is 12.2. The highest BCUT2D eigenvalue weighted by Crippen LogP contribution is 2.24. The number of hydrogen-bond acceptors (Lipinski definition) is 5. The lowest BCUT2D eigenvalue weighted by Gasteiger charge is -2.34. The van der Waals surface area contributed by atoms with Crippen LogP contribution in [0.4, 0.5) is 5.69 Å². The molecule has 1 aromatic carbocycles. The first kappa shape index (κ1) is 15.4. The Labute approximate surface area is 135 Å². The fourth-order valence-electron chi connectivity index (χ4n) is 2.87. The van der Waals surface area contributed by atoms with Crippen LogP contribution in [-0.2, 0) is 0 Å². The van der Waals surface area contributed by atoms with E-state index in [1.165, 1.54) is 0 Å². The molecule has 6 nitrogen and oxygen atoms in total. The number of anilines is 1. The Morgan fingerprint density at radius 2 is 2.30 bits per heavy atom. The Balaban J connectivity index is 1.64. The van der Waals surface area contributed by atoms with E-state index in [4.69, 9.17) is 9.26 Å². The molecular formula is C17H21N3O3. The van der Waals surface area contributed by atoms with E-state index in [0.29, 0.717) is 11.5 Å². The summed E-state index contributed by atoms with van der Waals surface area (Å²) in [6.45, 7) is 3.52. The summed E-state index contributed by atoms with van der Waals surface area (Å²) in [7, 11) is 1.66. The Morgan fingerprint density at radius 1 is 1.43 bits per heavy atom. The second-order valence-electron chi connectivity index (χ2n) is 5.78. The molecule has 2 aromatic rings. The van der Waals surface area contributed by atoms with E-state index in [2.05, 4.69) is 21.4 Å². The molecule has 0 radical (unpaired) electrons. The van der Waals surface area contributed by atoms with Crippen LogP contribution in [0.3, 0.4) is 0 Å². The third-order valence-corrected chi connectivity index (χ3v) is 4.04. The van der Waals surface area contributed by atoms with E-state index in [9.17, 15) is 4.79 Å². The molecule has 23 heavy (non-hydrogen) atoms. The highest BCUT2D eigenvalue weighted by atomic mass is 16.5. The highest BCUT2D eigenvalue weighted by molar-refractivity contribution is 5.92. The summed E-state index contributed by atoms with van der Waals surface area (Å²) < 4.78 is 10.2. The zero-order chi connectivity index (χ0) is 16.2. The van der Waals surface area contributed by atoms with Crippen LogP contribution >= 0.6 is 0 Å². The molecule has 1 aromatic heterocycles. The molecule has 1 unspecified atom stereocenters. The molecule has 1 atom stereocenters. The van der Waals surface area contributed by atoms with Crippen molar-refractivity contribution in [1.29, 1.82) is 0 Å². The van der Waals surface area contributed by atoms with Gasteiger partial charge in [0.2, 0.25) is 0 Å². The first-order chi connectivity index (χ1) is 11.2. The minimum absolute atomic E-state index is 0.0967. The second-order valence-corrected chi connectivity index (χ2v) is 5.78. The number of rotatable bonds is 4. The number of amides is 1. The minimum atomic E-state index is -0.181. The van der Waals surface area contributed by atoms with Crippen molar-refractivity contribution in [2.45, 2.75) is 25.8 Å². The van der Waals surface area contributed by atoms with Gasteiger partial charge >= 0.3 is 0 Å².